The third-order valence-corrected chi connectivity index (χ3v) is 2.60. The first-order valence-corrected chi connectivity index (χ1v) is 4.80. The number of alkyl halides is 3. The fraction of sp³-hybridized carbons (Fsp3) is 0.250. The van der Waals surface area contributed by atoms with Crippen LogP contribution in [0.2, 0.25) is 5.02 Å². The molecule has 1 nitrogen and oxygen atoms in total. The highest BCUT2D eigenvalue weighted by atomic mass is 79.9. The summed E-state index contributed by atoms with van der Waals surface area (Å²) in [4.78, 5) is 0. The Balaban J connectivity index is 3.31. The highest BCUT2D eigenvalue weighted by molar-refractivity contribution is 9.10. The van der Waals surface area contributed by atoms with Crippen LogP contribution in [0.5, 0.6) is 0 Å². The summed E-state index contributed by atoms with van der Waals surface area (Å²) in [5, 5.41) is 8.40. The summed E-state index contributed by atoms with van der Waals surface area (Å²) in [6.45, 7) is 0. The van der Waals surface area contributed by atoms with Gasteiger partial charge in [-0.3, -0.25) is 0 Å². The van der Waals surface area contributed by atoms with Crippen LogP contribution in [0.3, 0.4) is 0 Å². The van der Waals surface area contributed by atoms with E-state index in [-0.39, 0.29) is 4.47 Å². The maximum absolute atomic E-state index is 13.3. The van der Waals surface area contributed by atoms with Crippen molar-refractivity contribution in [1.82, 2.24) is 0 Å². The molecule has 0 saturated heterocycles. The van der Waals surface area contributed by atoms with E-state index in [9.17, 15) is 17.6 Å². The average molecular weight is 307 g/mol. The van der Waals surface area contributed by atoms with Crippen molar-refractivity contribution >= 4 is 27.5 Å². The molecule has 7 heteroatoms. The fourth-order valence-corrected chi connectivity index (χ4v) is 1.55. The molecule has 1 atom stereocenters. The van der Waals surface area contributed by atoms with Crippen molar-refractivity contribution in [3.63, 3.8) is 0 Å². The van der Waals surface area contributed by atoms with Crippen LogP contribution < -0.4 is 0 Å². The van der Waals surface area contributed by atoms with E-state index in [0.29, 0.717) is 0 Å². The highest BCUT2D eigenvalue weighted by Gasteiger charge is 2.42. The van der Waals surface area contributed by atoms with E-state index in [1.165, 1.54) is 0 Å². The zero-order chi connectivity index (χ0) is 11.8. The molecule has 84 valence electrons. The molecular formula is C8H4BrClF4O. The summed E-state index contributed by atoms with van der Waals surface area (Å²) < 4.78 is 49.5. The molecule has 1 N–H and O–H groups in total. The van der Waals surface area contributed by atoms with E-state index >= 15 is 0 Å². The number of halogens is 6. The van der Waals surface area contributed by atoms with Gasteiger partial charge in [0.2, 0.25) is 0 Å². The predicted molar refractivity (Wildman–Crippen MR) is 50.1 cm³/mol. The molecule has 0 aliphatic rings. The summed E-state index contributed by atoms with van der Waals surface area (Å²) in [6.07, 6.45) is -7.88. The second-order valence-electron chi connectivity index (χ2n) is 2.70. The van der Waals surface area contributed by atoms with Gasteiger partial charge in [-0.15, -0.1) is 0 Å². The van der Waals surface area contributed by atoms with Crippen LogP contribution in [0, 0.1) is 5.82 Å². The van der Waals surface area contributed by atoms with E-state index in [1.807, 2.05) is 0 Å². The molecule has 0 spiro atoms. The van der Waals surface area contributed by atoms with Crippen molar-refractivity contribution in [2.24, 2.45) is 0 Å². The zero-order valence-corrected chi connectivity index (χ0v) is 9.29. The maximum Gasteiger partial charge on any atom is 0.418 e. The molecule has 0 bridgehead atoms. The Bertz CT molecular complexity index is 380. The van der Waals surface area contributed by atoms with Gasteiger partial charge < -0.3 is 5.11 Å². The van der Waals surface area contributed by atoms with Crippen molar-refractivity contribution < 1.29 is 22.7 Å². The minimum Gasteiger partial charge on any atom is -0.379 e. The lowest BCUT2D eigenvalue weighted by Crippen LogP contribution is -2.21. The molecule has 0 heterocycles. The predicted octanol–water partition coefficient (Wildman–Crippen LogP) is 3.84. The first-order chi connectivity index (χ1) is 6.75. The number of benzene rings is 1. The van der Waals surface area contributed by atoms with Crippen molar-refractivity contribution in [1.29, 1.82) is 0 Å². The summed E-state index contributed by atoms with van der Waals surface area (Å²) in [6, 6.07) is 2.23. The van der Waals surface area contributed by atoms with Crippen molar-refractivity contribution in [2.75, 3.05) is 0 Å². The third kappa shape index (κ3) is 2.62. The summed E-state index contributed by atoms with van der Waals surface area (Å²) in [5.74, 6) is -1.22. The molecule has 0 radical (unpaired) electrons. The summed E-state index contributed by atoms with van der Waals surface area (Å²) >= 11 is 8.08. The smallest absolute Gasteiger partial charge is 0.379 e. The Morgan fingerprint density at radius 1 is 1.33 bits per heavy atom. The lowest BCUT2D eigenvalue weighted by atomic mass is 10.1. The second kappa shape index (κ2) is 4.27. The van der Waals surface area contributed by atoms with Gasteiger partial charge >= 0.3 is 6.18 Å². The number of hydrogen-bond acceptors (Lipinski definition) is 1. The quantitative estimate of drug-likeness (QED) is 0.617. The van der Waals surface area contributed by atoms with E-state index in [2.05, 4.69) is 15.9 Å². The first-order valence-electron chi connectivity index (χ1n) is 3.63. The van der Waals surface area contributed by atoms with Gasteiger partial charge in [-0.2, -0.15) is 13.2 Å². The Morgan fingerprint density at radius 3 is 2.33 bits per heavy atom. The summed E-state index contributed by atoms with van der Waals surface area (Å²) in [7, 11) is 0. The van der Waals surface area contributed by atoms with Gasteiger partial charge in [0.05, 0.1) is 4.47 Å². The molecule has 1 rings (SSSR count). The SMILES string of the molecule is OC(c1c(Cl)ccc(Br)c1F)C(F)(F)F. The molecule has 0 fully saturated rings. The maximum atomic E-state index is 13.3. The second-order valence-corrected chi connectivity index (χ2v) is 3.96. The van der Waals surface area contributed by atoms with Gasteiger partial charge in [0.1, 0.15) is 5.82 Å². The fourth-order valence-electron chi connectivity index (χ4n) is 0.957. The van der Waals surface area contributed by atoms with Gasteiger partial charge in [-0.05, 0) is 28.1 Å². The normalized spacial score (nSPS) is 14.1. The zero-order valence-electron chi connectivity index (χ0n) is 6.95. The molecule has 1 unspecified atom stereocenters. The van der Waals surface area contributed by atoms with Crippen LogP contribution in [0.25, 0.3) is 0 Å². The van der Waals surface area contributed by atoms with Crippen molar-refractivity contribution in [2.45, 2.75) is 12.3 Å². The standard InChI is InChI=1S/C8H4BrClF4O/c9-3-1-2-4(10)5(6(3)11)7(15)8(12,13)14/h1-2,7,15H. The largest absolute Gasteiger partial charge is 0.418 e. The van der Waals surface area contributed by atoms with Gasteiger partial charge in [0, 0.05) is 10.6 Å². The van der Waals surface area contributed by atoms with Crippen LogP contribution in [0.1, 0.15) is 11.7 Å². The third-order valence-electron chi connectivity index (χ3n) is 1.66. The van der Waals surface area contributed by atoms with Gasteiger partial charge in [0.25, 0.3) is 0 Å². The molecule has 15 heavy (non-hydrogen) atoms. The van der Waals surface area contributed by atoms with Crippen LogP contribution in [-0.4, -0.2) is 11.3 Å². The monoisotopic (exact) mass is 306 g/mol. The highest BCUT2D eigenvalue weighted by Crippen LogP contribution is 2.39. The van der Waals surface area contributed by atoms with E-state index in [4.69, 9.17) is 16.7 Å². The molecule has 1 aromatic rings. The molecule has 0 aliphatic heterocycles. The Kier molecular flexibility index (Phi) is 3.63. The molecule has 1 aromatic carbocycles. The number of aliphatic hydroxyl groups is 1. The lowest BCUT2D eigenvalue weighted by Gasteiger charge is -2.17. The first kappa shape index (κ1) is 12.7. The van der Waals surface area contributed by atoms with Crippen LogP contribution in [-0.2, 0) is 0 Å². The minimum absolute atomic E-state index is 0.190. The van der Waals surface area contributed by atoms with Gasteiger partial charge in [-0.1, -0.05) is 11.6 Å². The molecule has 0 aromatic heterocycles. The van der Waals surface area contributed by atoms with Crippen molar-refractivity contribution in [3.8, 4) is 0 Å². The van der Waals surface area contributed by atoms with Crippen LogP contribution >= 0.6 is 27.5 Å². The van der Waals surface area contributed by atoms with E-state index in [0.717, 1.165) is 12.1 Å². The van der Waals surface area contributed by atoms with Gasteiger partial charge in [0.15, 0.2) is 6.10 Å². The Morgan fingerprint density at radius 2 is 1.87 bits per heavy atom. The number of rotatable bonds is 1. The molecule has 0 saturated carbocycles. The van der Waals surface area contributed by atoms with E-state index in [1.54, 1.807) is 0 Å². The topological polar surface area (TPSA) is 20.2 Å². The van der Waals surface area contributed by atoms with Crippen molar-refractivity contribution in [3.05, 3.63) is 33.0 Å². The van der Waals surface area contributed by atoms with Crippen LogP contribution in [0.15, 0.2) is 16.6 Å². The minimum atomic E-state index is -4.95. The molecular weight excluding hydrogens is 303 g/mol. The lowest BCUT2D eigenvalue weighted by molar-refractivity contribution is -0.207. The number of hydrogen-bond donors (Lipinski definition) is 1. The van der Waals surface area contributed by atoms with E-state index < -0.39 is 28.7 Å². The summed E-state index contributed by atoms with van der Waals surface area (Å²) in [5.41, 5.74) is -0.974. The number of aliphatic hydroxyl groups excluding tert-OH is 1. The Labute approximate surface area is 95.8 Å². The Hall–Kier alpha value is -0.330. The molecule has 0 amide bonds. The van der Waals surface area contributed by atoms with Crippen LogP contribution in [0.4, 0.5) is 17.6 Å². The molecule has 0 aliphatic carbocycles. The average Bonchev–Trinajstić information content (AvgIpc) is 2.10. The van der Waals surface area contributed by atoms with Gasteiger partial charge in [-0.25, -0.2) is 4.39 Å².